The zero-order valence-corrected chi connectivity index (χ0v) is 12.5. The summed E-state index contributed by atoms with van der Waals surface area (Å²) in [7, 11) is 0. The van der Waals surface area contributed by atoms with E-state index in [0.717, 1.165) is 17.9 Å². The minimum Gasteiger partial charge on any atom is -0.314 e. The third kappa shape index (κ3) is 4.55. The second kappa shape index (κ2) is 7.49. The summed E-state index contributed by atoms with van der Waals surface area (Å²) in [6.45, 7) is 9.96. The Morgan fingerprint density at radius 2 is 1.94 bits per heavy atom. The van der Waals surface area contributed by atoms with Crippen molar-refractivity contribution in [1.82, 2.24) is 10.2 Å². The van der Waals surface area contributed by atoms with Crippen LogP contribution < -0.4 is 5.32 Å². The average molecular weight is 252 g/mol. The summed E-state index contributed by atoms with van der Waals surface area (Å²) in [5.74, 6) is 1.80. The Bertz CT molecular complexity index is 223. The first-order chi connectivity index (χ1) is 8.78. The maximum atomic E-state index is 3.83. The number of likely N-dealkylation sites (tertiary alicyclic amines) is 1. The molecule has 0 aromatic rings. The van der Waals surface area contributed by atoms with Gasteiger partial charge in [-0.1, -0.05) is 33.1 Å². The fourth-order valence-electron chi connectivity index (χ4n) is 3.69. The van der Waals surface area contributed by atoms with Crippen molar-refractivity contribution < 1.29 is 0 Å². The molecule has 0 spiro atoms. The molecule has 2 nitrogen and oxygen atoms in total. The highest BCUT2D eigenvalue weighted by Gasteiger charge is 2.21. The summed E-state index contributed by atoms with van der Waals surface area (Å²) >= 11 is 0. The van der Waals surface area contributed by atoms with Crippen molar-refractivity contribution in [2.24, 2.45) is 11.8 Å². The molecule has 1 saturated heterocycles. The molecule has 0 aromatic carbocycles. The molecular formula is C16H32N2. The third-order valence-electron chi connectivity index (χ3n) is 4.88. The molecule has 3 unspecified atom stereocenters. The van der Waals surface area contributed by atoms with E-state index in [1.54, 1.807) is 0 Å². The Labute approximate surface area is 114 Å². The van der Waals surface area contributed by atoms with Crippen molar-refractivity contribution >= 4 is 0 Å². The molecule has 2 aliphatic rings. The number of hydrogen-bond acceptors (Lipinski definition) is 2. The van der Waals surface area contributed by atoms with Crippen molar-refractivity contribution in [3.8, 4) is 0 Å². The van der Waals surface area contributed by atoms with Crippen LogP contribution in [0.5, 0.6) is 0 Å². The van der Waals surface area contributed by atoms with E-state index >= 15 is 0 Å². The lowest BCUT2D eigenvalue weighted by Crippen LogP contribution is -2.39. The average Bonchev–Trinajstić information content (AvgIpc) is 2.89. The van der Waals surface area contributed by atoms with E-state index in [-0.39, 0.29) is 0 Å². The minimum absolute atomic E-state index is 0.810. The second-order valence-electron chi connectivity index (χ2n) is 6.66. The molecule has 106 valence electrons. The molecule has 1 aliphatic carbocycles. The van der Waals surface area contributed by atoms with Gasteiger partial charge in [0.2, 0.25) is 0 Å². The highest BCUT2D eigenvalue weighted by Crippen LogP contribution is 2.26. The molecule has 1 aliphatic heterocycles. The van der Waals surface area contributed by atoms with E-state index < -0.39 is 0 Å². The van der Waals surface area contributed by atoms with Crippen LogP contribution in [0, 0.1) is 11.8 Å². The Morgan fingerprint density at radius 1 is 1.17 bits per heavy atom. The Kier molecular flexibility index (Phi) is 5.97. The summed E-state index contributed by atoms with van der Waals surface area (Å²) in [4.78, 5) is 2.64. The van der Waals surface area contributed by atoms with Crippen molar-refractivity contribution in [3.63, 3.8) is 0 Å². The lowest BCUT2D eigenvalue weighted by atomic mass is 9.84. The van der Waals surface area contributed by atoms with Gasteiger partial charge in [0.25, 0.3) is 0 Å². The molecule has 3 atom stereocenters. The third-order valence-corrected chi connectivity index (χ3v) is 4.88. The fraction of sp³-hybridized carbons (Fsp3) is 1.00. The second-order valence-corrected chi connectivity index (χ2v) is 6.66. The van der Waals surface area contributed by atoms with Crippen molar-refractivity contribution in [2.75, 3.05) is 26.2 Å². The van der Waals surface area contributed by atoms with Crippen LogP contribution in [-0.2, 0) is 0 Å². The smallest absolute Gasteiger partial charge is 0.00698 e. The van der Waals surface area contributed by atoms with Crippen molar-refractivity contribution in [1.29, 1.82) is 0 Å². The summed E-state index contributed by atoms with van der Waals surface area (Å²) in [5.41, 5.74) is 0. The van der Waals surface area contributed by atoms with E-state index in [1.165, 1.54) is 71.1 Å². The lowest BCUT2D eigenvalue weighted by Gasteiger charge is -2.30. The largest absolute Gasteiger partial charge is 0.314 e. The van der Waals surface area contributed by atoms with Crippen molar-refractivity contribution in [2.45, 2.75) is 64.8 Å². The van der Waals surface area contributed by atoms with Gasteiger partial charge < -0.3 is 10.2 Å². The van der Waals surface area contributed by atoms with Crippen LogP contribution in [0.15, 0.2) is 0 Å². The number of rotatable bonds is 6. The molecule has 0 aromatic heterocycles. The normalized spacial score (nSPS) is 31.7. The quantitative estimate of drug-likeness (QED) is 0.780. The van der Waals surface area contributed by atoms with Crippen LogP contribution in [0.3, 0.4) is 0 Å². The van der Waals surface area contributed by atoms with Crippen molar-refractivity contribution in [3.05, 3.63) is 0 Å². The number of hydrogen-bond donors (Lipinski definition) is 1. The lowest BCUT2D eigenvalue weighted by molar-refractivity contribution is 0.247. The monoisotopic (exact) mass is 252 g/mol. The van der Waals surface area contributed by atoms with E-state index in [9.17, 15) is 0 Å². The number of nitrogens with zero attached hydrogens (tertiary/aromatic N) is 1. The van der Waals surface area contributed by atoms with Gasteiger partial charge in [-0.25, -0.2) is 0 Å². The first-order valence-corrected chi connectivity index (χ1v) is 8.23. The summed E-state index contributed by atoms with van der Waals surface area (Å²) in [6, 6.07) is 0.810. The molecule has 0 amide bonds. The molecular weight excluding hydrogens is 220 g/mol. The highest BCUT2D eigenvalue weighted by molar-refractivity contribution is 4.78. The van der Waals surface area contributed by atoms with Crippen LogP contribution in [0.2, 0.25) is 0 Å². The Hall–Kier alpha value is -0.0800. The zero-order chi connectivity index (χ0) is 12.8. The molecule has 2 fully saturated rings. The molecule has 1 heterocycles. The molecule has 2 heteroatoms. The van der Waals surface area contributed by atoms with Gasteiger partial charge in [0.1, 0.15) is 0 Å². The van der Waals surface area contributed by atoms with Gasteiger partial charge in [0.05, 0.1) is 0 Å². The van der Waals surface area contributed by atoms with Gasteiger partial charge in [0, 0.05) is 12.6 Å². The van der Waals surface area contributed by atoms with Gasteiger partial charge >= 0.3 is 0 Å². The Balaban J connectivity index is 1.61. The van der Waals surface area contributed by atoms with Gasteiger partial charge in [-0.3, -0.25) is 0 Å². The zero-order valence-electron chi connectivity index (χ0n) is 12.5. The standard InChI is InChI=1S/C16H32N2/c1-3-15-7-6-8-16(11-15)17-12-14(2)13-18-9-4-5-10-18/h14-17H,3-13H2,1-2H3. The predicted octanol–water partition coefficient (Wildman–Crippen LogP) is 3.28. The summed E-state index contributed by atoms with van der Waals surface area (Å²) in [6.07, 6.45) is 9.96. The van der Waals surface area contributed by atoms with Gasteiger partial charge in [-0.05, 0) is 57.2 Å². The fourth-order valence-corrected chi connectivity index (χ4v) is 3.69. The van der Waals surface area contributed by atoms with Crippen LogP contribution in [0.25, 0.3) is 0 Å². The van der Waals surface area contributed by atoms with E-state index in [0.29, 0.717) is 0 Å². The predicted molar refractivity (Wildman–Crippen MR) is 78.9 cm³/mol. The van der Waals surface area contributed by atoms with E-state index in [1.807, 2.05) is 0 Å². The summed E-state index contributed by atoms with van der Waals surface area (Å²) in [5, 5.41) is 3.83. The molecule has 0 bridgehead atoms. The van der Waals surface area contributed by atoms with E-state index in [4.69, 9.17) is 0 Å². The first kappa shape index (κ1) is 14.3. The van der Waals surface area contributed by atoms with Crippen LogP contribution in [0.4, 0.5) is 0 Å². The van der Waals surface area contributed by atoms with Crippen LogP contribution in [-0.4, -0.2) is 37.1 Å². The molecule has 1 saturated carbocycles. The molecule has 18 heavy (non-hydrogen) atoms. The SMILES string of the molecule is CCC1CCCC(NCC(C)CN2CCCC2)C1. The minimum atomic E-state index is 0.810. The topological polar surface area (TPSA) is 15.3 Å². The molecule has 2 rings (SSSR count). The maximum absolute atomic E-state index is 3.83. The first-order valence-electron chi connectivity index (χ1n) is 8.23. The van der Waals surface area contributed by atoms with Crippen LogP contribution >= 0.6 is 0 Å². The van der Waals surface area contributed by atoms with Gasteiger partial charge in [-0.2, -0.15) is 0 Å². The van der Waals surface area contributed by atoms with Gasteiger partial charge in [0.15, 0.2) is 0 Å². The Morgan fingerprint density at radius 3 is 2.67 bits per heavy atom. The maximum Gasteiger partial charge on any atom is 0.00698 e. The molecule has 0 radical (unpaired) electrons. The van der Waals surface area contributed by atoms with Gasteiger partial charge in [-0.15, -0.1) is 0 Å². The molecule has 1 N–H and O–H groups in total. The highest BCUT2D eigenvalue weighted by atomic mass is 15.1. The summed E-state index contributed by atoms with van der Waals surface area (Å²) < 4.78 is 0. The van der Waals surface area contributed by atoms with E-state index in [2.05, 4.69) is 24.1 Å². The van der Waals surface area contributed by atoms with Crippen LogP contribution in [0.1, 0.15) is 58.8 Å². The number of nitrogens with one attached hydrogen (secondary N) is 1.